The van der Waals surface area contributed by atoms with Gasteiger partial charge >= 0.3 is 0 Å². The predicted molar refractivity (Wildman–Crippen MR) is 83.4 cm³/mol. The summed E-state index contributed by atoms with van der Waals surface area (Å²) in [7, 11) is 0. The minimum atomic E-state index is -0.472. The van der Waals surface area contributed by atoms with Gasteiger partial charge in [-0.2, -0.15) is 0 Å². The first-order chi connectivity index (χ1) is 10.0. The monoisotopic (exact) mass is 284 g/mol. The summed E-state index contributed by atoms with van der Waals surface area (Å²) in [5.41, 5.74) is 9.80. The van der Waals surface area contributed by atoms with Gasteiger partial charge in [0.2, 0.25) is 0 Å². The highest BCUT2D eigenvalue weighted by Crippen LogP contribution is 2.24. The lowest BCUT2D eigenvalue weighted by atomic mass is 9.91. The van der Waals surface area contributed by atoms with E-state index < -0.39 is 5.54 Å². The van der Waals surface area contributed by atoms with Gasteiger partial charge < -0.3 is 5.73 Å². The molecule has 1 atom stereocenters. The van der Waals surface area contributed by atoms with Crippen molar-refractivity contribution >= 4 is 0 Å². The maximum Gasteiger partial charge on any atom is 0.123 e. The third-order valence-electron chi connectivity index (χ3n) is 4.27. The molecule has 0 fully saturated rings. The highest BCUT2D eigenvalue weighted by atomic mass is 19.1. The molecule has 21 heavy (non-hydrogen) atoms. The molecule has 0 amide bonds. The van der Waals surface area contributed by atoms with Crippen molar-refractivity contribution in [2.24, 2.45) is 5.73 Å². The fraction of sp³-hybridized carbons (Fsp3) is 0.333. The number of nitrogens with zero attached hydrogens (tertiary/aromatic N) is 1. The Labute approximate surface area is 125 Å². The van der Waals surface area contributed by atoms with Crippen LogP contribution in [0.5, 0.6) is 0 Å². The average Bonchev–Trinajstić information content (AvgIpc) is 2.47. The molecule has 0 radical (unpaired) electrons. The van der Waals surface area contributed by atoms with Crippen molar-refractivity contribution in [3.8, 4) is 0 Å². The third kappa shape index (κ3) is 3.14. The summed E-state index contributed by atoms with van der Waals surface area (Å²) >= 11 is 0. The molecule has 110 valence electrons. The second-order valence-electron chi connectivity index (χ2n) is 6.15. The van der Waals surface area contributed by atoms with Gasteiger partial charge in [0.05, 0.1) is 5.54 Å². The standard InChI is InChI=1S/C18H21FN2/c1-18(20,16-6-8-17(19)9-7-16)13-21-11-10-14-4-2-3-5-15(14)12-21/h2-9H,10-13,20H2,1H3. The van der Waals surface area contributed by atoms with Gasteiger partial charge in [0.15, 0.2) is 0 Å². The van der Waals surface area contributed by atoms with Gasteiger partial charge in [-0.15, -0.1) is 0 Å². The summed E-state index contributed by atoms with van der Waals surface area (Å²) in [6.45, 7) is 4.74. The molecule has 2 aromatic rings. The Balaban J connectivity index is 1.73. The predicted octanol–water partition coefficient (Wildman–Crippen LogP) is 3.06. The molecule has 0 bridgehead atoms. The van der Waals surface area contributed by atoms with Crippen LogP contribution in [0.15, 0.2) is 48.5 Å². The van der Waals surface area contributed by atoms with Crippen molar-refractivity contribution in [1.29, 1.82) is 0 Å². The van der Waals surface area contributed by atoms with Crippen molar-refractivity contribution in [3.05, 3.63) is 71.0 Å². The molecule has 2 nitrogen and oxygen atoms in total. The molecule has 2 aromatic carbocycles. The molecule has 1 aliphatic heterocycles. The van der Waals surface area contributed by atoms with Gasteiger partial charge in [0.1, 0.15) is 5.82 Å². The Morgan fingerprint density at radius 1 is 1.10 bits per heavy atom. The quantitative estimate of drug-likeness (QED) is 0.938. The first-order valence-electron chi connectivity index (χ1n) is 7.39. The maximum atomic E-state index is 13.0. The van der Waals surface area contributed by atoms with Crippen LogP contribution >= 0.6 is 0 Å². The number of fused-ring (bicyclic) bond motifs is 1. The molecule has 1 heterocycles. The van der Waals surface area contributed by atoms with E-state index in [0.29, 0.717) is 0 Å². The Morgan fingerprint density at radius 2 is 1.76 bits per heavy atom. The van der Waals surface area contributed by atoms with E-state index in [2.05, 4.69) is 29.2 Å². The van der Waals surface area contributed by atoms with Gasteiger partial charge in [-0.25, -0.2) is 4.39 Å². The summed E-state index contributed by atoms with van der Waals surface area (Å²) < 4.78 is 13.0. The topological polar surface area (TPSA) is 29.3 Å². The van der Waals surface area contributed by atoms with Crippen molar-refractivity contribution in [1.82, 2.24) is 4.90 Å². The smallest absolute Gasteiger partial charge is 0.123 e. The van der Waals surface area contributed by atoms with Crippen LogP contribution in [0.3, 0.4) is 0 Å². The van der Waals surface area contributed by atoms with Gasteiger partial charge in [-0.1, -0.05) is 36.4 Å². The molecule has 1 aliphatic rings. The van der Waals surface area contributed by atoms with Gasteiger partial charge in [0.25, 0.3) is 0 Å². The molecule has 0 aromatic heterocycles. The summed E-state index contributed by atoms with van der Waals surface area (Å²) in [5, 5.41) is 0. The highest BCUT2D eigenvalue weighted by Gasteiger charge is 2.26. The second kappa shape index (κ2) is 5.58. The summed E-state index contributed by atoms with van der Waals surface area (Å²) in [5.74, 6) is -0.221. The Kier molecular flexibility index (Phi) is 3.79. The summed E-state index contributed by atoms with van der Waals surface area (Å²) in [4.78, 5) is 2.38. The largest absolute Gasteiger partial charge is 0.321 e. The van der Waals surface area contributed by atoms with E-state index in [4.69, 9.17) is 5.73 Å². The number of hydrogen-bond donors (Lipinski definition) is 1. The number of benzene rings is 2. The highest BCUT2D eigenvalue weighted by molar-refractivity contribution is 5.30. The molecule has 0 aliphatic carbocycles. The van der Waals surface area contributed by atoms with Crippen molar-refractivity contribution in [2.75, 3.05) is 13.1 Å². The zero-order chi connectivity index (χ0) is 14.9. The lowest BCUT2D eigenvalue weighted by Gasteiger charge is -2.36. The Morgan fingerprint density at radius 3 is 2.48 bits per heavy atom. The van der Waals surface area contributed by atoms with Crippen LogP contribution in [0.1, 0.15) is 23.6 Å². The van der Waals surface area contributed by atoms with Crippen molar-refractivity contribution in [3.63, 3.8) is 0 Å². The zero-order valence-corrected chi connectivity index (χ0v) is 12.3. The molecule has 2 N–H and O–H groups in total. The fourth-order valence-corrected chi connectivity index (χ4v) is 3.08. The van der Waals surface area contributed by atoms with Crippen molar-refractivity contribution in [2.45, 2.75) is 25.4 Å². The fourth-order valence-electron chi connectivity index (χ4n) is 3.08. The van der Waals surface area contributed by atoms with Crippen molar-refractivity contribution < 1.29 is 4.39 Å². The van der Waals surface area contributed by atoms with Crippen LogP contribution in [0.2, 0.25) is 0 Å². The van der Waals surface area contributed by atoms with E-state index in [1.54, 1.807) is 12.1 Å². The first kappa shape index (κ1) is 14.2. The van der Waals surface area contributed by atoms with Gasteiger partial charge in [-0.05, 0) is 42.2 Å². The van der Waals surface area contributed by atoms with Gasteiger partial charge in [0, 0.05) is 19.6 Å². The van der Waals surface area contributed by atoms with E-state index in [1.807, 2.05) is 6.92 Å². The van der Waals surface area contributed by atoms with Crippen LogP contribution < -0.4 is 5.73 Å². The SMILES string of the molecule is CC(N)(CN1CCc2ccccc2C1)c1ccc(F)cc1. The average molecular weight is 284 g/mol. The van der Waals surface area contributed by atoms with Crippen LogP contribution in [0.4, 0.5) is 4.39 Å². The number of nitrogens with two attached hydrogens (primary N) is 1. The normalized spacial score (nSPS) is 18.0. The second-order valence-corrected chi connectivity index (χ2v) is 6.15. The number of rotatable bonds is 3. The zero-order valence-electron chi connectivity index (χ0n) is 12.3. The summed E-state index contributed by atoms with van der Waals surface area (Å²) in [6.07, 6.45) is 1.07. The molecule has 3 rings (SSSR count). The van der Waals surface area contributed by atoms with Crippen LogP contribution in [0, 0.1) is 5.82 Å². The van der Waals surface area contributed by atoms with E-state index in [-0.39, 0.29) is 5.82 Å². The van der Waals surface area contributed by atoms with Crippen LogP contribution in [0.25, 0.3) is 0 Å². The lowest BCUT2D eigenvalue weighted by Crippen LogP contribution is -2.46. The first-order valence-corrected chi connectivity index (χ1v) is 7.39. The summed E-state index contributed by atoms with van der Waals surface area (Å²) in [6, 6.07) is 15.1. The molecule has 3 heteroatoms. The Hall–Kier alpha value is -1.71. The minimum Gasteiger partial charge on any atom is -0.321 e. The van der Waals surface area contributed by atoms with Crippen LogP contribution in [-0.2, 0) is 18.5 Å². The van der Waals surface area contributed by atoms with E-state index >= 15 is 0 Å². The van der Waals surface area contributed by atoms with Gasteiger partial charge in [-0.3, -0.25) is 4.90 Å². The molecule has 0 saturated heterocycles. The molecular weight excluding hydrogens is 263 g/mol. The van der Waals surface area contributed by atoms with Crippen LogP contribution in [-0.4, -0.2) is 18.0 Å². The number of halogens is 1. The van der Waals surface area contributed by atoms with E-state index in [1.165, 1.54) is 23.3 Å². The lowest BCUT2D eigenvalue weighted by molar-refractivity contribution is 0.201. The molecule has 0 spiro atoms. The molecule has 0 saturated carbocycles. The van der Waals surface area contributed by atoms with E-state index in [0.717, 1.165) is 31.6 Å². The van der Waals surface area contributed by atoms with E-state index in [9.17, 15) is 4.39 Å². The number of hydrogen-bond acceptors (Lipinski definition) is 2. The maximum absolute atomic E-state index is 13.0. The third-order valence-corrected chi connectivity index (χ3v) is 4.27. The minimum absolute atomic E-state index is 0.221. The molecule has 1 unspecified atom stereocenters. The molecular formula is C18H21FN2. The Bertz CT molecular complexity index is 619.